The summed E-state index contributed by atoms with van der Waals surface area (Å²) in [4.78, 5) is 7.39. The average molecular weight is 475 g/mol. The predicted molar refractivity (Wildman–Crippen MR) is 135 cm³/mol. The highest BCUT2D eigenvalue weighted by Gasteiger charge is 2.28. The molecule has 2 aromatic carbocycles. The van der Waals surface area contributed by atoms with Crippen LogP contribution in [0.25, 0.3) is 16.8 Å². The number of benzene rings is 2. The van der Waals surface area contributed by atoms with E-state index in [9.17, 15) is 4.39 Å². The molecular formula is C28H31FN4O2. The number of ether oxygens (including phenoxy) is 2. The minimum absolute atomic E-state index is 0.225. The minimum atomic E-state index is -0.225. The van der Waals surface area contributed by atoms with Crippen molar-refractivity contribution < 1.29 is 13.9 Å². The molecule has 0 amide bonds. The number of aryl methyl sites for hydroxylation is 2. The Morgan fingerprint density at radius 3 is 2.63 bits per heavy atom. The smallest absolute Gasteiger partial charge is 0.165 e. The molecule has 3 heterocycles. The number of aromatic nitrogens is 3. The molecule has 0 unspecified atom stereocenters. The third-order valence-electron chi connectivity index (χ3n) is 6.65. The maximum absolute atomic E-state index is 13.6. The van der Waals surface area contributed by atoms with Crippen LogP contribution >= 0.6 is 0 Å². The normalized spacial score (nSPS) is 12.8. The SMILES string of the molecule is CCCCN(Cc1ccc(F)cc1)c1c2c(nc3c(-c4ccc(OC)cc4C)c(C)nn13)COC2. The van der Waals surface area contributed by atoms with E-state index in [1.54, 1.807) is 7.11 Å². The van der Waals surface area contributed by atoms with Gasteiger partial charge in [0.1, 0.15) is 17.4 Å². The summed E-state index contributed by atoms with van der Waals surface area (Å²) < 4.78 is 26.8. The van der Waals surface area contributed by atoms with E-state index in [2.05, 4.69) is 24.8 Å². The maximum Gasteiger partial charge on any atom is 0.165 e. The molecule has 0 aliphatic carbocycles. The molecule has 1 aliphatic heterocycles. The van der Waals surface area contributed by atoms with Crippen molar-refractivity contribution in [3.8, 4) is 16.9 Å². The van der Waals surface area contributed by atoms with Gasteiger partial charge in [0.25, 0.3) is 0 Å². The Bertz CT molecular complexity index is 1360. The highest BCUT2D eigenvalue weighted by molar-refractivity contribution is 5.83. The van der Waals surface area contributed by atoms with Crippen molar-refractivity contribution in [2.45, 2.75) is 53.4 Å². The summed E-state index contributed by atoms with van der Waals surface area (Å²) in [5.41, 5.74) is 8.07. The van der Waals surface area contributed by atoms with Crippen molar-refractivity contribution in [3.63, 3.8) is 0 Å². The van der Waals surface area contributed by atoms with Gasteiger partial charge in [-0.15, -0.1) is 0 Å². The van der Waals surface area contributed by atoms with Gasteiger partial charge in [-0.05, 0) is 61.2 Å². The molecule has 0 saturated heterocycles. The van der Waals surface area contributed by atoms with E-state index >= 15 is 0 Å². The summed E-state index contributed by atoms with van der Waals surface area (Å²) in [7, 11) is 1.68. The van der Waals surface area contributed by atoms with Crippen LogP contribution in [0, 0.1) is 19.7 Å². The van der Waals surface area contributed by atoms with Gasteiger partial charge in [0, 0.05) is 24.2 Å². The van der Waals surface area contributed by atoms with Crippen LogP contribution < -0.4 is 9.64 Å². The van der Waals surface area contributed by atoms with Gasteiger partial charge in [0.15, 0.2) is 5.65 Å². The number of anilines is 1. The molecule has 0 fully saturated rings. The fraction of sp³-hybridized carbons (Fsp3) is 0.357. The molecule has 0 bridgehead atoms. The number of halogens is 1. The third kappa shape index (κ3) is 4.36. The molecule has 0 N–H and O–H groups in total. The lowest BCUT2D eigenvalue weighted by Gasteiger charge is -2.27. The summed E-state index contributed by atoms with van der Waals surface area (Å²) in [6.07, 6.45) is 2.10. The molecule has 7 heteroatoms. The Morgan fingerprint density at radius 2 is 1.91 bits per heavy atom. The van der Waals surface area contributed by atoms with Gasteiger partial charge in [0.05, 0.1) is 31.7 Å². The lowest BCUT2D eigenvalue weighted by molar-refractivity contribution is 0.133. The molecule has 6 nitrogen and oxygen atoms in total. The Morgan fingerprint density at radius 1 is 1.11 bits per heavy atom. The third-order valence-corrected chi connectivity index (χ3v) is 6.65. The van der Waals surface area contributed by atoms with E-state index in [0.29, 0.717) is 19.8 Å². The molecule has 0 saturated carbocycles. The van der Waals surface area contributed by atoms with Gasteiger partial charge in [-0.1, -0.05) is 31.5 Å². The molecule has 5 rings (SSSR count). The highest BCUT2D eigenvalue weighted by atomic mass is 19.1. The van der Waals surface area contributed by atoms with E-state index in [-0.39, 0.29) is 5.82 Å². The number of unbranched alkanes of at least 4 members (excludes halogenated alkanes) is 1. The summed E-state index contributed by atoms with van der Waals surface area (Å²) in [5.74, 6) is 1.62. The first-order valence-electron chi connectivity index (χ1n) is 12.1. The van der Waals surface area contributed by atoms with Crippen LogP contribution in [0.5, 0.6) is 5.75 Å². The quantitative estimate of drug-likeness (QED) is 0.314. The zero-order valence-electron chi connectivity index (χ0n) is 20.8. The van der Waals surface area contributed by atoms with Gasteiger partial charge in [-0.25, -0.2) is 9.37 Å². The van der Waals surface area contributed by atoms with Crippen LogP contribution in [-0.4, -0.2) is 28.3 Å². The van der Waals surface area contributed by atoms with E-state index < -0.39 is 0 Å². The fourth-order valence-electron chi connectivity index (χ4n) is 4.84. The van der Waals surface area contributed by atoms with Crippen LogP contribution in [0.3, 0.4) is 0 Å². The first-order valence-corrected chi connectivity index (χ1v) is 12.1. The van der Waals surface area contributed by atoms with Crippen LogP contribution in [0.2, 0.25) is 0 Å². The lowest BCUT2D eigenvalue weighted by Crippen LogP contribution is -2.28. The van der Waals surface area contributed by atoms with E-state index in [1.165, 1.54) is 12.1 Å². The van der Waals surface area contributed by atoms with E-state index in [1.807, 2.05) is 35.7 Å². The second-order valence-electron chi connectivity index (χ2n) is 9.13. The molecule has 1 aliphatic rings. The minimum Gasteiger partial charge on any atom is -0.497 e. The van der Waals surface area contributed by atoms with Crippen molar-refractivity contribution in [3.05, 3.63) is 76.4 Å². The Hall–Kier alpha value is -3.45. The number of hydrogen-bond acceptors (Lipinski definition) is 5. The average Bonchev–Trinajstić information content (AvgIpc) is 3.45. The Balaban J connectivity index is 1.69. The second-order valence-corrected chi connectivity index (χ2v) is 9.13. The molecule has 0 radical (unpaired) electrons. The zero-order chi connectivity index (χ0) is 24.5. The molecule has 0 spiro atoms. The van der Waals surface area contributed by atoms with Crippen molar-refractivity contribution in [1.29, 1.82) is 0 Å². The molecule has 2 aromatic heterocycles. The van der Waals surface area contributed by atoms with Crippen molar-refractivity contribution >= 4 is 11.5 Å². The standard InChI is InChI=1S/C28H31FN4O2/c1-5-6-13-32(15-20-7-9-21(29)10-8-20)28-24-16-35-17-25(24)30-27-26(19(3)31-33(27)28)23-12-11-22(34-4)14-18(23)2/h7-12,14H,5-6,13,15-17H2,1-4H3. The van der Waals surface area contributed by atoms with Gasteiger partial charge in [0.2, 0.25) is 0 Å². The van der Waals surface area contributed by atoms with E-state index in [4.69, 9.17) is 19.6 Å². The molecule has 4 aromatic rings. The van der Waals surface area contributed by atoms with Crippen LogP contribution in [-0.2, 0) is 24.5 Å². The van der Waals surface area contributed by atoms with Crippen molar-refractivity contribution in [2.75, 3.05) is 18.6 Å². The van der Waals surface area contributed by atoms with Gasteiger partial charge >= 0.3 is 0 Å². The van der Waals surface area contributed by atoms with Gasteiger partial charge in [-0.2, -0.15) is 9.61 Å². The zero-order valence-corrected chi connectivity index (χ0v) is 20.8. The Kier molecular flexibility index (Phi) is 6.43. The van der Waals surface area contributed by atoms with Crippen molar-refractivity contribution in [2.24, 2.45) is 0 Å². The molecule has 182 valence electrons. The van der Waals surface area contributed by atoms with Gasteiger partial charge in [-0.3, -0.25) is 0 Å². The van der Waals surface area contributed by atoms with E-state index in [0.717, 1.165) is 75.8 Å². The summed E-state index contributed by atoms with van der Waals surface area (Å²) >= 11 is 0. The first kappa shape index (κ1) is 23.3. The van der Waals surface area contributed by atoms with Crippen LogP contribution in [0.4, 0.5) is 10.2 Å². The molecule has 0 atom stereocenters. The monoisotopic (exact) mass is 474 g/mol. The highest BCUT2D eigenvalue weighted by Crippen LogP contribution is 2.37. The number of nitrogens with zero attached hydrogens (tertiary/aromatic N) is 4. The number of methoxy groups -OCH3 is 1. The summed E-state index contributed by atoms with van der Waals surface area (Å²) in [6.45, 7) is 8.82. The Labute approximate surface area is 205 Å². The fourth-order valence-corrected chi connectivity index (χ4v) is 4.84. The van der Waals surface area contributed by atoms with Crippen molar-refractivity contribution in [1.82, 2.24) is 14.6 Å². The van der Waals surface area contributed by atoms with Crippen LogP contribution in [0.1, 0.15) is 47.8 Å². The molecular weight excluding hydrogens is 443 g/mol. The predicted octanol–water partition coefficient (Wildman–Crippen LogP) is 6.00. The van der Waals surface area contributed by atoms with Crippen LogP contribution in [0.15, 0.2) is 42.5 Å². The number of rotatable bonds is 8. The number of hydrogen-bond donors (Lipinski definition) is 0. The number of fused-ring (bicyclic) bond motifs is 2. The maximum atomic E-state index is 13.6. The van der Waals surface area contributed by atoms with Gasteiger partial charge < -0.3 is 14.4 Å². The summed E-state index contributed by atoms with van der Waals surface area (Å²) in [5, 5.41) is 5.00. The largest absolute Gasteiger partial charge is 0.497 e. The summed E-state index contributed by atoms with van der Waals surface area (Å²) in [6, 6.07) is 12.8. The topological polar surface area (TPSA) is 51.9 Å². The second kappa shape index (κ2) is 9.66. The molecule has 35 heavy (non-hydrogen) atoms. The first-order chi connectivity index (χ1) is 17.0. The lowest BCUT2D eigenvalue weighted by atomic mass is 10.0.